The Morgan fingerprint density at radius 1 is 0.619 bits per heavy atom. The summed E-state index contributed by atoms with van der Waals surface area (Å²) in [6.45, 7) is 12.2. The van der Waals surface area contributed by atoms with Crippen LogP contribution in [-0.4, -0.2) is 47.3 Å². The first kappa shape index (κ1) is 21.4. The van der Waals surface area contributed by atoms with Gasteiger partial charge in [-0.05, 0) is 0 Å². The predicted molar refractivity (Wildman–Crippen MR) is 89.6 cm³/mol. The number of hydrogen-bond acceptors (Lipinski definition) is 4. The predicted octanol–water partition coefficient (Wildman–Crippen LogP) is 4.41. The van der Waals surface area contributed by atoms with Crippen LogP contribution in [0.3, 0.4) is 0 Å². The molecule has 0 heterocycles. The van der Waals surface area contributed by atoms with Crippen LogP contribution in [0.2, 0.25) is 5.25 Å². The molecule has 0 aliphatic carbocycles. The molecule has 0 N–H and O–H groups in total. The van der Waals surface area contributed by atoms with Crippen LogP contribution >= 0.6 is 0 Å². The van der Waals surface area contributed by atoms with Crippen LogP contribution in [0.25, 0.3) is 0 Å². The summed E-state index contributed by atoms with van der Waals surface area (Å²) in [7, 11) is 0. The Hall–Kier alpha value is 0.383. The second kappa shape index (κ2) is 15.3. The molecule has 0 spiro atoms. The molecular formula is C16H36GeO4. The van der Waals surface area contributed by atoms with Crippen molar-refractivity contribution in [3.8, 4) is 0 Å². The van der Waals surface area contributed by atoms with Crippen LogP contribution in [-0.2, 0) is 16.0 Å². The van der Waals surface area contributed by atoms with Gasteiger partial charge in [0.1, 0.15) is 0 Å². The van der Waals surface area contributed by atoms with Crippen molar-refractivity contribution in [3.05, 3.63) is 0 Å². The van der Waals surface area contributed by atoms with E-state index in [0.29, 0.717) is 6.61 Å². The van der Waals surface area contributed by atoms with Crippen LogP contribution in [0.5, 0.6) is 0 Å². The standard InChI is InChI=1S/C16H36GeO4/c1-5-9-13-19-17(12-16-18-8-4,20-14-10-6-2)21-15-11-7-3/h5-16H2,1-4H3. The quantitative estimate of drug-likeness (QED) is 0.300. The molecule has 0 saturated heterocycles. The Bertz CT molecular complexity index is 169. The van der Waals surface area contributed by atoms with Crippen LogP contribution in [0.4, 0.5) is 0 Å². The van der Waals surface area contributed by atoms with Gasteiger partial charge >= 0.3 is 135 Å². The zero-order chi connectivity index (χ0) is 15.8. The molecule has 5 heteroatoms. The van der Waals surface area contributed by atoms with Crippen LogP contribution in [0.15, 0.2) is 0 Å². The third kappa shape index (κ3) is 11.6. The summed E-state index contributed by atoms with van der Waals surface area (Å²) in [4.78, 5) is 0. The maximum absolute atomic E-state index is 6.17. The van der Waals surface area contributed by atoms with E-state index in [2.05, 4.69) is 20.8 Å². The van der Waals surface area contributed by atoms with Crippen molar-refractivity contribution in [1.29, 1.82) is 0 Å². The van der Waals surface area contributed by atoms with Gasteiger partial charge in [0.25, 0.3) is 0 Å². The van der Waals surface area contributed by atoms with E-state index in [9.17, 15) is 0 Å². The summed E-state index contributed by atoms with van der Waals surface area (Å²) < 4.78 is 24.0. The fourth-order valence-corrected chi connectivity index (χ4v) is 6.93. The van der Waals surface area contributed by atoms with Gasteiger partial charge in [-0.15, -0.1) is 0 Å². The molecule has 0 fully saturated rings. The Morgan fingerprint density at radius 3 is 1.38 bits per heavy atom. The van der Waals surface area contributed by atoms with Gasteiger partial charge in [0.2, 0.25) is 0 Å². The molecule has 128 valence electrons. The van der Waals surface area contributed by atoms with E-state index < -0.39 is 14.3 Å². The zero-order valence-corrected chi connectivity index (χ0v) is 16.7. The molecule has 0 aliphatic heterocycles. The summed E-state index contributed by atoms with van der Waals surface area (Å²) in [5.74, 6) is 0. The molecule has 0 radical (unpaired) electrons. The maximum atomic E-state index is 6.17. The molecule has 0 bridgehead atoms. The molecule has 0 aromatic rings. The van der Waals surface area contributed by atoms with Crippen molar-refractivity contribution < 1.29 is 16.0 Å². The average Bonchev–Trinajstić information content (AvgIpc) is 2.48. The molecule has 4 nitrogen and oxygen atoms in total. The second-order valence-electron chi connectivity index (χ2n) is 5.24. The van der Waals surface area contributed by atoms with Gasteiger partial charge in [0.15, 0.2) is 0 Å². The van der Waals surface area contributed by atoms with E-state index in [-0.39, 0.29) is 0 Å². The van der Waals surface area contributed by atoms with E-state index in [1.165, 1.54) is 0 Å². The fourth-order valence-electron chi connectivity index (χ4n) is 1.80. The Labute approximate surface area is 135 Å². The summed E-state index contributed by atoms with van der Waals surface area (Å²) in [5.41, 5.74) is 0. The fraction of sp³-hybridized carbons (Fsp3) is 1.00. The molecule has 0 aromatic heterocycles. The first-order valence-electron chi connectivity index (χ1n) is 8.74. The molecule has 21 heavy (non-hydrogen) atoms. The van der Waals surface area contributed by atoms with Crippen molar-refractivity contribution in [2.75, 3.05) is 33.0 Å². The summed E-state index contributed by atoms with van der Waals surface area (Å²) in [5, 5.41) is 0.810. The third-order valence-corrected chi connectivity index (χ3v) is 8.98. The van der Waals surface area contributed by atoms with Crippen molar-refractivity contribution in [3.63, 3.8) is 0 Å². The first-order valence-corrected chi connectivity index (χ1v) is 12.8. The normalized spacial score (nSPS) is 12.0. The molecular weight excluding hydrogens is 329 g/mol. The molecule has 0 amide bonds. The molecule has 0 saturated carbocycles. The second-order valence-corrected chi connectivity index (χ2v) is 11.0. The van der Waals surface area contributed by atoms with Gasteiger partial charge in [0.05, 0.1) is 0 Å². The van der Waals surface area contributed by atoms with Crippen LogP contribution in [0.1, 0.15) is 66.2 Å². The van der Waals surface area contributed by atoms with Crippen molar-refractivity contribution in [2.45, 2.75) is 71.5 Å². The van der Waals surface area contributed by atoms with E-state index in [1.54, 1.807) is 0 Å². The first-order chi connectivity index (χ1) is 10.2. The number of ether oxygens (including phenoxy) is 1. The summed E-state index contributed by atoms with van der Waals surface area (Å²) in [6.07, 6.45) is 6.59. The molecule has 0 unspecified atom stereocenters. The van der Waals surface area contributed by atoms with Crippen molar-refractivity contribution >= 4 is 14.3 Å². The molecule has 0 aliphatic rings. The van der Waals surface area contributed by atoms with Gasteiger partial charge in [-0.3, -0.25) is 0 Å². The summed E-state index contributed by atoms with van der Waals surface area (Å²) in [6, 6.07) is 0. The number of hydrogen-bond donors (Lipinski definition) is 0. The van der Waals surface area contributed by atoms with Gasteiger partial charge in [-0.25, -0.2) is 0 Å². The van der Waals surface area contributed by atoms with Crippen molar-refractivity contribution in [1.82, 2.24) is 0 Å². The Balaban J connectivity index is 4.52. The van der Waals surface area contributed by atoms with Crippen molar-refractivity contribution in [2.24, 2.45) is 0 Å². The minimum atomic E-state index is -3.15. The molecule has 0 aromatic carbocycles. The van der Waals surface area contributed by atoms with E-state index in [4.69, 9.17) is 16.0 Å². The SMILES string of the molecule is CCCC[O][Ge]([CH2]COCC)([O]CCCC)[O]CCCC. The van der Waals surface area contributed by atoms with E-state index in [0.717, 1.165) is 70.2 Å². The number of unbranched alkanes of at least 4 members (excludes halogenated alkanes) is 3. The average molecular weight is 365 g/mol. The third-order valence-electron chi connectivity index (χ3n) is 3.22. The number of rotatable bonds is 16. The van der Waals surface area contributed by atoms with Gasteiger partial charge in [0, 0.05) is 0 Å². The molecule has 0 rings (SSSR count). The van der Waals surface area contributed by atoms with Gasteiger partial charge in [-0.1, -0.05) is 0 Å². The van der Waals surface area contributed by atoms with E-state index in [1.807, 2.05) is 6.92 Å². The van der Waals surface area contributed by atoms with E-state index >= 15 is 0 Å². The zero-order valence-electron chi connectivity index (χ0n) is 14.6. The minimum absolute atomic E-state index is 0.681. The Kier molecular flexibility index (Phi) is 15.6. The topological polar surface area (TPSA) is 36.9 Å². The van der Waals surface area contributed by atoms with Crippen LogP contribution < -0.4 is 0 Å². The Morgan fingerprint density at radius 2 is 1.05 bits per heavy atom. The van der Waals surface area contributed by atoms with Gasteiger partial charge in [-0.2, -0.15) is 0 Å². The molecule has 0 atom stereocenters. The summed E-state index contributed by atoms with van der Waals surface area (Å²) >= 11 is -3.15. The monoisotopic (exact) mass is 366 g/mol. The van der Waals surface area contributed by atoms with Gasteiger partial charge < -0.3 is 0 Å². The van der Waals surface area contributed by atoms with Crippen LogP contribution in [0, 0.1) is 0 Å².